The molecule has 1 aromatic carbocycles. The molecule has 1 heterocycles. The van der Waals surface area contributed by atoms with E-state index in [-0.39, 0.29) is 11.7 Å². The van der Waals surface area contributed by atoms with Crippen LogP contribution >= 0.6 is 11.6 Å². The van der Waals surface area contributed by atoms with E-state index in [2.05, 4.69) is 4.98 Å². The minimum absolute atomic E-state index is 0.240. The first kappa shape index (κ1) is 11.3. The summed E-state index contributed by atoms with van der Waals surface area (Å²) in [6.07, 6.45) is 0. The lowest BCUT2D eigenvalue weighted by Crippen LogP contribution is -1.95. The summed E-state index contributed by atoms with van der Waals surface area (Å²) < 4.78 is 13.7. The molecule has 0 saturated carbocycles. The predicted molar refractivity (Wildman–Crippen MR) is 65.5 cm³/mol. The monoisotopic (exact) mass is 237 g/mol. The van der Waals surface area contributed by atoms with Gasteiger partial charge in [-0.3, -0.25) is 0 Å². The first-order chi connectivity index (χ1) is 7.50. The van der Waals surface area contributed by atoms with Gasteiger partial charge in [-0.1, -0.05) is 31.5 Å². The largest absolute Gasteiger partial charge is 0.235 e. The van der Waals surface area contributed by atoms with Gasteiger partial charge in [0.2, 0.25) is 0 Å². The lowest BCUT2D eigenvalue weighted by Gasteiger charge is -2.10. The van der Waals surface area contributed by atoms with E-state index >= 15 is 0 Å². The Bertz CT molecular complexity index is 549. The Labute approximate surface area is 99.3 Å². The first-order valence-corrected chi connectivity index (χ1v) is 5.63. The van der Waals surface area contributed by atoms with Gasteiger partial charge in [0.15, 0.2) is 0 Å². The van der Waals surface area contributed by atoms with E-state index < -0.39 is 0 Å². The molecular weight excluding hydrogens is 225 g/mol. The number of halogens is 2. The van der Waals surface area contributed by atoms with Gasteiger partial charge in [-0.2, -0.15) is 0 Å². The van der Waals surface area contributed by atoms with E-state index in [9.17, 15) is 4.39 Å². The molecule has 0 aliphatic rings. The molecule has 16 heavy (non-hydrogen) atoms. The van der Waals surface area contributed by atoms with E-state index in [1.54, 1.807) is 12.1 Å². The number of nitrogens with zero attached hydrogens (tertiary/aromatic N) is 1. The van der Waals surface area contributed by atoms with E-state index in [4.69, 9.17) is 11.6 Å². The van der Waals surface area contributed by atoms with Crippen LogP contribution in [-0.4, -0.2) is 4.98 Å². The Morgan fingerprint density at radius 2 is 2.00 bits per heavy atom. The second-order valence-electron chi connectivity index (χ2n) is 4.28. The van der Waals surface area contributed by atoms with Crippen molar-refractivity contribution in [2.75, 3.05) is 0 Å². The van der Waals surface area contributed by atoms with Crippen LogP contribution in [0.2, 0.25) is 5.15 Å². The van der Waals surface area contributed by atoms with Gasteiger partial charge in [0.05, 0.1) is 5.52 Å². The van der Waals surface area contributed by atoms with Crippen LogP contribution in [0.4, 0.5) is 4.39 Å². The van der Waals surface area contributed by atoms with Crippen molar-refractivity contribution in [3.05, 3.63) is 40.3 Å². The highest BCUT2D eigenvalue weighted by Crippen LogP contribution is 2.29. The fourth-order valence-corrected chi connectivity index (χ4v) is 2.12. The summed E-state index contributed by atoms with van der Waals surface area (Å²) in [6, 6.07) is 4.99. The van der Waals surface area contributed by atoms with Crippen molar-refractivity contribution in [3.63, 3.8) is 0 Å². The van der Waals surface area contributed by atoms with Gasteiger partial charge < -0.3 is 0 Å². The van der Waals surface area contributed by atoms with E-state index in [0.717, 1.165) is 11.1 Å². The van der Waals surface area contributed by atoms with Crippen molar-refractivity contribution in [1.29, 1.82) is 0 Å². The van der Waals surface area contributed by atoms with Crippen LogP contribution in [0.3, 0.4) is 0 Å². The zero-order valence-corrected chi connectivity index (χ0v) is 10.3. The van der Waals surface area contributed by atoms with Crippen molar-refractivity contribution in [2.45, 2.75) is 26.7 Å². The van der Waals surface area contributed by atoms with E-state index in [0.29, 0.717) is 16.1 Å². The summed E-state index contributed by atoms with van der Waals surface area (Å²) in [4.78, 5) is 4.28. The maximum atomic E-state index is 13.7. The molecule has 0 aliphatic carbocycles. The number of hydrogen-bond acceptors (Lipinski definition) is 1. The predicted octanol–water partition coefficient (Wildman–Crippen LogP) is 4.46. The number of aryl methyl sites for hydroxylation is 1. The van der Waals surface area contributed by atoms with Crippen molar-refractivity contribution in [2.24, 2.45) is 0 Å². The Balaban J connectivity index is 2.84. The van der Waals surface area contributed by atoms with E-state index in [1.807, 2.05) is 20.8 Å². The van der Waals surface area contributed by atoms with Crippen LogP contribution in [0.1, 0.15) is 30.9 Å². The molecule has 0 N–H and O–H groups in total. The fourth-order valence-electron chi connectivity index (χ4n) is 1.76. The SMILES string of the molecule is Cc1ccc(F)c2cc(C(C)C)c(Cl)nc12. The van der Waals surface area contributed by atoms with Crippen molar-refractivity contribution >= 4 is 22.5 Å². The number of aromatic nitrogens is 1. The summed E-state index contributed by atoms with van der Waals surface area (Å²) >= 11 is 6.09. The molecule has 2 aromatic rings. The molecule has 0 unspecified atom stereocenters. The highest BCUT2D eigenvalue weighted by molar-refractivity contribution is 6.30. The molecule has 1 aromatic heterocycles. The Kier molecular flexibility index (Phi) is 2.85. The fraction of sp³-hybridized carbons (Fsp3) is 0.308. The summed E-state index contributed by atoms with van der Waals surface area (Å²) in [6.45, 7) is 5.94. The number of rotatable bonds is 1. The van der Waals surface area contributed by atoms with Gasteiger partial charge >= 0.3 is 0 Å². The zero-order chi connectivity index (χ0) is 11.9. The third-order valence-corrected chi connectivity index (χ3v) is 3.04. The molecule has 0 fully saturated rings. The molecule has 3 heteroatoms. The average molecular weight is 238 g/mol. The number of pyridine rings is 1. The Morgan fingerprint density at radius 1 is 1.31 bits per heavy atom. The molecule has 84 valence electrons. The van der Waals surface area contributed by atoms with Crippen LogP contribution in [0.5, 0.6) is 0 Å². The molecule has 0 bridgehead atoms. The standard InChI is InChI=1S/C13H13ClFN/c1-7(2)9-6-10-11(15)5-4-8(3)12(10)16-13(9)14/h4-7H,1-3H3. The van der Waals surface area contributed by atoms with Gasteiger partial charge in [-0.15, -0.1) is 0 Å². The van der Waals surface area contributed by atoms with Crippen molar-refractivity contribution < 1.29 is 4.39 Å². The Morgan fingerprint density at radius 3 is 2.62 bits per heavy atom. The lowest BCUT2D eigenvalue weighted by molar-refractivity contribution is 0.639. The van der Waals surface area contributed by atoms with Crippen molar-refractivity contribution in [3.8, 4) is 0 Å². The van der Waals surface area contributed by atoms with Crippen LogP contribution in [0, 0.1) is 12.7 Å². The summed E-state index contributed by atoms with van der Waals surface area (Å²) in [5.41, 5.74) is 2.47. The van der Waals surface area contributed by atoms with E-state index in [1.165, 1.54) is 6.07 Å². The molecule has 0 atom stereocenters. The van der Waals surface area contributed by atoms with Gasteiger partial charge in [0.1, 0.15) is 11.0 Å². The van der Waals surface area contributed by atoms with Gasteiger partial charge in [-0.05, 0) is 36.1 Å². The molecule has 1 nitrogen and oxygen atoms in total. The van der Waals surface area contributed by atoms with Crippen LogP contribution in [0.25, 0.3) is 10.9 Å². The Hall–Kier alpha value is -1.15. The highest BCUT2D eigenvalue weighted by atomic mass is 35.5. The smallest absolute Gasteiger partial charge is 0.133 e. The zero-order valence-electron chi connectivity index (χ0n) is 9.51. The van der Waals surface area contributed by atoms with Crippen LogP contribution in [-0.2, 0) is 0 Å². The van der Waals surface area contributed by atoms with Crippen LogP contribution in [0.15, 0.2) is 18.2 Å². The molecule has 0 saturated heterocycles. The minimum Gasteiger partial charge on any atom is -0.235 e. The molecule has 0 radical (unpaired) electrons. The highest BCUT2D eigenvalue weighted by Gasteiger charge is 2.12. The summed E-state index contributed by atoms with van der Waals surface area (Å²) in [5, 5.41) is 1.02. The minimum atomic E-state index is -0.244. The topological polar surface area (TPSA) is 12.9 Å². The molecule has 0 spiro atoms. The van der Waals surface area contributed by atoms with Gasteiger partial charge in [0, 0.05) is 5.39 Å². The molecule has 0 amide bonds. The summed E-state index contributed by atoms with van der Waals surface area (Å²) in [5.74, 6) is -0.00372. The molecular formula is C13H13ClFN. The van der Waals surface area contributed by atoms with Crippen LogP contribution < -0.4 is 0 Å². The normalized spacial score (nSPS) is 11.4. The summed E-state index contributed by atoms with van der Waals surface area (Å²) in [7, 11) is 0. The van der Waals surface area contributed by atoms with Gasteiger partial charge in [0.25, 0.3) is 0 Å². The second kappa shape index (κ2) is 4.02. The molecule has 0 aliphatic heterocycles. The third-order valence-electron chi connectivity index (χ3n) is 2.74. The van der Waals surface area contributed by atoms with Gasteiger partial charge in [-0.25, -0.2) is 9.37 Å². The lowest BCUT2D eigenvalue weighted by atomic mass is 10.0. The maximum Gasteiger partial charge on any atom is 0.133 e. The third kappa shape index (κ3) is 1.78. The maximum absolute atomic E-state index is 13.7. The average Bonchev–Trinajstić information content (AvgIpc) is 2.23. The number of hydrogen-bond donors (Lipinski definition) is 0. The molecule has 2 rings (SSSR count). The second-order valence-corrected chi connectivity index (χ2v) is 4.64. The quantitative estimate of drug-likeness (QED) is 0.668. The number of benzene rings is 1. The van der Waals surface area contributed by atoms with Crippen molar-refractivity contribution in [1.82, 2.24) is 4.98 Å². The number of fused-ring (bicyclic) bond motifs is 1. The first-order valence-electron chi connectivity index (χ1n) is 5.26.